The number of nitrogens with one attached hydrogen (secondary N) is 1. The van der Waals surface area contributed by atoms with Crippen LogP contribution in [0.1, 0.15) is 48.9 Å². The van der Waals surface area contributed by atoms with Gasteiger partial charge in [-0.25, -0.2) is 4.98 Å². The molecule has 1 spiro atoms. The first-order valence-corrected chi connectivity index (χ1v) is 9.44. The van der Waals surface area contributed by atoms with Crippen molar-refractivity contribution in [3.05, 3.63) is 51.4 Å². The van der Waals surface area contributed by atoms with Crippen LogP contribution in [0.2, 0.25) is 0 Å². The molecule has 2 aliphatic rings. The zero-order valence-corrected chi connectivity index (χ0v) is 15.3. The number of nitrogens with zero attached hydrogens (tertiary/aromatic N) is 2. The molecular formula is C21H27N3O. The van der Waals surface area contributed by atoms with E-state index < -0.39 is 0 Å². The quantitative estimate of drug-likeness (QED) is 0.926. The van der Waals surface area contributed by atoms with Crippen LogP contribution >= 0.6 is 0 Å². The third-order valence-corrected chi connectivity index (χ3v) is 6.18. The molecule has 0 amide bonds. The summed E-state index contributed by atoms with van der Waals surface area (Å²) in [7, 11) is 0. The van der Waals surface area contributed by atoms with Gasteiger partial charge in [0.2, 0.25) is 0 Å². The van der Waals surface area contributed by atoms with Crippen molar-refractivity contribution < 1.29 is 0 Å². The predicted molar refractivity (Wildman–Crippen MR) is 101 cm³/mol. The van der Waals surface area contributed by atoms with Crippen LogP contribution in [0.15, 0.2) is 29.1 Å². The van der Waals surface area contributed by atoms with Gasteiger partial charge in [0.15, 0.2) is 0 Å². The van der Waals surface area contributed by atoms with E-state index in [0.29, 0.717) is 16.8 Å². The molecule has 4 rings (SSSR count). The molecule has 4 heteroatoms. The summed E-state index contributed by atoms with van der Waals surface area (Å²) in [6.07, 6.45) is 7.01. The molecule has 1 saturated heterocycles. The summed E-state index contributed by atoms with van der Waals surface area (Å²) in [5, 5.41) is 0. The standard InChI is InChI=1S/C21H27N3O/c1-15-16(2)22-19(23-20(15)25)18-7-5-6-17(12-18)13-24-11-10-21(14-24)8-3-4-9-21/h5-7,12H,3-4,8-11,13-14H2,1-2H3,(H,22,23,25). The van der Waals surface area contributed by atoms with Gasteiger partial charge in [0, 0.05) is 29.9 Å². The maximum absolute atomic E-state index is 12.0. The van der Waals surface area contributed by atoms with Crippen molar-refractivity contribution >= 4 is 0 Å². The predicted octanol–water partition coefficient (Wildman–Crippen LogP) is 3.82. The minimum absolute atomic E-state index is 0.0457. The van der Waals surface area contributed by atoms with Gasteiger partial charge in [0.05, 0.1) is 0 Å². The molecule has 2 heterocycles. The summed E-state index contributed by atoms with van der Waals surface area (Å²) >= 11 is 0. The highest BCUT2D eigenvalue weighted by molar-refractivity contribution is 5.56. The third kappa shape index (κ3) is 3.28. The Hall–Kier alpha value is -1.94. The van der Waals surface area contributed by atoms with E-state index in [2.05, 4.69) is 33.1 Å². The van der Waals surface area contributed by atoms with E-state index in [-0.39, 0.29) is 5.56 Å². The number of aromatic nitrogens is 2. The molecule has 0 radical (unpaired) electrons. The van der Waals surface area contributed by atoms with Gasteiger partial charge < -0.3 is 4.98 Å². The molecule has 1 aromatic carbocycles. The highest BCUT2D eigenvalue weighted by Crippen LogP contribution is 2.45. The Morgan fingerprint density at radius 1 is 1.20 bits per heavy atom. The first kappa shape index (κ1) is 16.5. The minimum atomic E-state index is -0.0457. The second kappa shape index (κ2) is 6.41. The molecule has 25 heavy (non-hydrogen) atoms. The molecule has 0 bridgehead atoms. The molecule has 0 unspecified atom stereocenters. The number of hydrogen-bond acceptors (Lipinski definition) is 3. The van der Waals surface area contributed by atoms with Crippen LogP contribution in [-0.2, 0) is 6.54 Å². The van der Waals surface area contributed by atoms with E-state index in [1.807, 2.05) is 19.9 Å². The topological polar surface area (TPSA) is 49.0 Å². The second-order valence-electron chi connectivity index (χ2n) is 7.99. The molecule has 1 aliphatic heterocycles. The van der Waals surface area contributed by atoms with E-state index in [9.17, 15) is 4.79 Å². The molecule has 1 N–H and O–H groups in total. The van der Waals surface area contributed by atoms with E-state index >= 15 is 0 Å². The summed E-state index contributed by atoms with van der Waals surface area (Å²) in [5.41, 5.74) is 4.35. The lowest BCUT2D eigenvalue weighted by Crippen LogP contribution is -2.24. The lowest BCUT2D eigenvalue weighted by atomic mass is 9.86. The molecule has 132 valence electrons. The molecule has 1 aliphatic carbocycles. The second-order valence-corrected chi connectivity index (χ2v) is 7.99. The fourth-order valence-electron chi connectivity index (χ4n) is 4.55. The zero-order valence-electron chi connectivity index (χ0n) is 15.3. The maximum atomic E-state index is 12.0. The zero-order chi connectivity index (χ0) is 17.4. The number of rotatable bonds is 3. The van der Waals surface area contributed by atoms with Crippen molar-refractivity contribution in [1.29, 1.82) is 0 Å². The Morgan fingerprint density at radius 3 is 2.76 bits per heavy atom. The normalized spacial score (nSPS) is 19.8. The van der Waals surface area contributed by atoms with Crippen molar-refractivity contribution in [3.63, 3.8) is 0 Å². The summed E-state index contributed by atoms with van der Waals surface area (Å²) in [6.45, 7) is 7.15. The Balaban J connectivity index is 1.53. The highest BCUT2D eigenvalue weighted by Gasteiger charge is 2.39. The lowest BCUT2D eigenvalue weighted by molar-refractivity contribution is 0.256. The smallest absolute Gasteiger partial charge is 0.254 e. The summed E-state index contributed by atoms with van der Waals surface area (Å²) < 4.78 is 0. The van der Waals surface area contributed by atoms with Crippen LogP contribution in [0.4, 0.5) is 0 Å². The van der Waals surface area contributed by atoms with Crippen LogP contribution in [0.3, 0.4) is 0 Å². The Morgan fingerprint density at radius 2 is 2.00 bits per heavy atom. The van der Waals surface area contributed by atoms with Crippen LogP contribution in [-0.4, -0.2) is 28.0 Å². The monoisotopic (exact) mass is 337 g/mol. The summed E-state index contributed by atoms with van der Waals surface area (Å²) in [5.74, 6) is 0.670. The van der Waals surface area contributed by atoms with E-state index in [1.54, 1.807) is 0 Å². The molecule has 2 aromatic rings. The Bertz CT molecular complexity index is 833. The fourth-order valence-corrected chi connectivity index (χ4v) is 4.55. The largest absolute Gasteiger partial charge is 0.306 e. The van der Waals surface area contributed by atoms with Crippen molar-refractivity contribution in [1.82, 2.24) is 14.9 Å². The Labute approximate surface area is 149 Å². The van der Waals surface area contributed by atoms with Crippen molar-refractivity contribution in [2.24, 2.45) is 5.41 Å². The Kier molecular flexibility index (Phi) is 4.24. The number of hydrogen-bond donors (Lipinski definition) is 1. The first-order chi connectivity index (χ1) is 12.0. The molecular weight excluding hydrogens is 310 g/mol. The number of aromatic amines is 1. The van der Waals surface area contributed by atoms with Crippen LogP contribution in [0.25, 0.3) is 11.4 Å². The van der Waals surface area contributed by atoms with Gasteiger partial charge in [-0.05, 0) is 56.7 Å². The van der Waals surface area contributed by atoms with E-state index in [4.69, 9.17) is 0 Å². The lowest BCUT2D eigenvalue weighted by Gasteiger charge is -2.23. The van der Waals surface area contributed by atoms with Gasteiger partial charge in [-0.15, -0.1) is 0 Å². The number of benzene rings is 1. The number of aryl methyl sites for hydroxylation is 1. The number of likely N-dealkylation sites (tertiary alicyclic amines) is 1. The molecule has 2 fully saturated rings. The molecule has 1 saturated carbocycles. The maximum Gasteiger partial charge on any atom is 0.254 e. The molecule has 0 atom stereocenters. The fraction of sp³-hybridized carbons (Fsp3) is 0.524. The average molecular weight is 337 g/mol. The molecule has 1 aromatic heterocycles. The van der Waals surface area contributed by atoms with Gasteiger partial charge >= 0.3 is 0 Å². The van der Waals surface area contributed by atoms with Gasteiger partial charge in [0.1, 0.15) is 5.82 Å². The minimum Gasteiger partial charge on any atom is -0.306 e. The average Bonchev–Trinajstić information content (AvgIpc) is 3.22. The van der Waals surface area contributed by atoms with Crippen molar-refractivity contribution in [2.45, 2.75) is 52.5 Å². The first-order valence-electron chi connectivity index (χ1n) is 9.44. The van der Waals surface area contributed by atoms with Gasteiger partial charge in [0.25, 0.3) is 5.56 Å². The van der Waals surface area contributed by atoms with Crippen LogP contribution in [0.5, 0.6) is 0 Å². The van der Waals surface area contributed by atoms with Gasteiger partial charge in [-0.3, -0.25) is 9.69 Å². The van der Waals surface area contributed by atoms with Gasteiger partial charge in [-0.1, -0.05) is 31.0 Å². The summed E-state index contributed by atoms with van der Waals surface area (Å²) in [4.78, 5) is 22.1. The van der Waals surface area contributed by atoms with Gasteiger partial charge in [-0.2, -0.15) is 0 Å². The van der Waals surface area contributed by atoms with Crippen LogP contribution < -0.4 is 5.56 Å². The molecule has 4 nitrogen and oxygen atoms in total. The van der Waals surface area contributed by atoms with Crippen LogP contribution in [0, 0.1) is 19.3 Å². The third-order valence-electron chi connectivity index (χ3n) is 6.18. The van der Waals surface area contributed by atoms with E-state index in [0.717, 1.165) is 17.8 Å². The highest BCUT2D eigenvalue weighted by atomic mass is 16.1. The van der Waals surface area contributed by atoms with Crippen molar-refractivity contribution in [2.75, 3.05) is 13.1 Å². The summed E-state index contributed by atoms with van der Waals surface area (Å²) in [6, 6.07) is 8.45. The van der Waals surface area contributed by atoms with E-state index in [1.165, 1.54) is 50.8 Å². The SMILES string of the molecule is Cc1nc(-c2cccc(CN3CCC4(CCCC4)C3)c2)[nH]c(=O)c1C. The van der Waals surface area contributed by atoms with Crippen molar-refractivity contribution in [3.8, 4) is 11.4 Å². The number of H-pyrrole nitrogens is 1.